The summed E-state index contributed by atoms with van der Waals surface area (Å²) in [5, 5.41) is 3.31. The monoisotopic (exact) mass is 274 g/mol. The van der Waals surface area contributed by atoms with E-state index in [0.717, 1.165) is 22.7 Å². The van der Waals surface area contributed by atoms with Gasteiger partial charge in [-0.05, 0) is 18.2 Å². The highest BCUT2D eigenvalue weighted by atomic mass is 16.5. The number of methoxy groups -OCH3 is 3. The van der Waals surface area contributed by atoms with E-state index < -0.39 is 0 Å². The largest absolute Gasteiger partial charge is 0.497 e. The minimum atomic E-state index is 0.580. The number of ether oxygens (including phenoxy) is 3. The van der Waals surface area contributed by atoms with Crippen LogP contribution >= 0.6 is 0 Å². The molecule has 1 aromatic carbocycles. The second-order valence-corrected chi connectivity index (χ2v) is 4.12. The van der Waals surface area contributed by atoms with Crippen molar-refractivity contribution >= 4 is 5.69 Å². The van der Waals surface area contributed by atoms with Crippen molar-refractivity contribution in [3.63, 3.8) is 0 Å². The molecule has 0 aliphatic rings. The second-order valence-electron chi connectivity index (χ2n) is 4.12. The van der Waals surface area contributed by atoms with Crippen molar-refractivity contribution in [2.24, 2.45) is 0 Å². The van der Waals surface area contributed by atoms with Crippen molar-refractivity contribution in [2.75, 3.05) is 26.6 Å². The Morgan fingerprint density at radius 2 is 1.85 bits per heavy atom. The lowest BCUT2D eigenvalue weighted by molar-refractivity contribution is 0.391. The quantitative estimate of drug-likeness (QED) is 0.877. The van der Waals surface area contributed by atoms with Gasteiger partial charge in [-0.2, -0.15) is 0 Å². The molecule has 106 valence electrons. The van der Waals surface area contributed by atoms with Crippen LogP contribution in [0.25, 0.3) is 0 Å². The van der Waals surface area contributed by atoms with Gasteiger partial charge >= 0.3 is 0 Å². The van der Waals surface area contributed by atoms with Crippen LogP contribution < -0.4 is 19.5 Å². The van der Waals surface area contributed by atoms with E-state index >= 15 is 0 Å². The number of pyridine rings is 1. The van der Waals surface area contributed by atoms with Gasteiger partial charge in [-0.25, -0.2) is 4.98 Å². The van der Waals surface area contributed by atoms with Gasteiger partial charge in [-0.1, -0.05) is 0 Å². The lowest BCUT2D eigenvalue weighted by Gasteiger charge is -2.12. The Balaban J connectivity index is 2.10. The molecule has 5 nitrogen and oxygen atoms in total. The molecule has 0 bridgehead atoms. The molecule has 0 fully saturated rings. The molecule has 0 saturated heterocycles. The molecule has 2 aromatic rings. The van der Waals surface area contributed by atoms with Crippen molar-refractivity contribution in [3.05, 3.63) is 42.1 Å². The summed E-state index contributed by atoms with van der Waals surface area (Å²) < 4.78 is 15.6. The van der Waals surface area contributed by atoms with Crippen LogP contribution in [0.4, 0.5) is 5.69 Å². The van der Waals surface area contributed by atoms with E-state index in [1.54, 1.807) is 27.5 Å². The van der Waals surface area contributed by atoms with Crippen LogP contribution in [0, 0.1) is 0 Å². The van der Waals surface area contributed by atoms with Crippen LogP contribution in [-0.2, 0) is 6.54 Å². The molecule has 0 aliphatic carbocycles. The average Bonchev–Trinajstić information content (AvgIpc) is 2.52. The smallest absolute Gasteiger partial charge is 0.214 e. The standard InChI is InChI=1S/C15H18N2O3/c1-18-13-5-4-11(14(9-13)19-2)10-17-12-6-7-16-15(8-12)20-3/h4-9H,10H2,1-3H3,(H,16,17). The molecule has 0 radical (unpaired) electrons. The number of aromatic nitrogens is 1. The van der Waals surface area contributed by atoms with E-state index in [9.17, 15) is 0 Å². The number of hydrogen-bond acceptors (Lipinski definition) is 5. The summed E-state index contributed by atoms with van der Waals surface area (Å²) in [6.07, 6.45) is 1.70. The Hall–Kier alpha value is -2.43. The lowest BCUT2D eigenvalue weighted by Crippen LogP contribution is -2.02. The van der Waals surface area contributed by atoms with E-state index in [1.165, 1.54) is 0 Å². The molecular weight excluding hydrogens is 256 g/mol. The zero-order valence-electron chi connectivity index (χ0n) is 11.8. The average molecular weight is 274 g/mol. The minimum Gasteiger partial charge on any atom is -0.497 e. The molecule has 2 rings (SSSR count). The summed E-state index contributed by atoms with van der Waals surface area (Å²) in [4.78, 5) is 4.07. The van der Waals surface area contributed by atoms with Crippen molar-refractivity contribution in [3.8, 4) is 17.4 Å². The fourth-order valence-corrected chi connectivity index (χ4v) is 1.83. The van der Waals surface area contributed by atoms with Gasteiger partial charge in [0.1, 0.15) is 11.5 Å². The van der Waals surface area contributed by atoms with Gasteiger partial charge in [0.15, 0.2) is 0 Å². The molecule has 0 atom stereocenters. The first kappa shape index (κ1) is 14.0. The summed E-state index contributed by atoms with van der Waals surface area (Å²) in [6, 6.07) is 9.48. The lowest BCUT2D eigenvalue weighted by atomic mass is 10.2. The van der Waals surface area contributed by atoms with Gasteiger partial charge in [0.25, 0.3) is 0 Å². The van der Waals surface area contributed by atoms with Gasteiger partial charge in [0.2, 0.25) is 5.88 Å². The first-order chi connectivity index (χ1) is 9.76. The van der Waals surface area contributed by atoms with Gasteiger partial charge < -0.3 is 19.5 Å². The van der Waals surface area contributed by atoms with Crippen molar-refractivity contribution in [2.45, 2.75) is 6.54 Å². The maximum absolute atomic E-state index is 5.36. The Bertz CT molecular complexity index is 573. The van der Waals surface area contributed by atoms with Crippen LogP contribution in [0.3, 0.4) is 0 Å². The molecule has 0 amide bonds. The first-order valence-electron chi connectivity index (χ1n) is 6.21. The van der Waals surface area contributed by atoms with Crippen LogP contribution in [0.2, 0.25) is 0 Å². The molecule has 0 saturated carbocycles. The second kappa shape index (κ2) is 6.65. The summed E-state index contributed by atoms with van der Waals surface area (Å²) in [6.45, 7) is 0.639. The number of benzene rings is 1. The molecule has 20 heavy (non-hydrogen) atoms. The topological polar surface area (TPSA) is 52.6 Å². The Morgan fingerprint density at radius 3 is 2.55 bits per heavy atom. The van der Waals surface area contributed by atoms with E-state index in [-0.39, 0.29) is 0 Å². The normalized spacial score (nSPS) is 9.95. The highest BCUT2D eigenvalue weighted by molar-refractivity contribution is 5.48. The molecule has 0 aliphatic heterocycles. The molecule has 0 spiro atoms. The number of anilines is 1. The number of nitrogens with zero attached hydrogens (tertiary/aromatic N) is 1. The van der Waals surface area contributed by atoms with Crippen LogP contribution in [-0.4, -0.2) is 26.3 Å². The fraction of sp³-hybridized carbons (Fsp3) is 0.267. The van der Waals surface area contributed by atoms with E-state index in [2.05, 4.69) is 10.3 Å². The van der Waals surface area contributed by atoms with Crippen LogP contribution in [0.1, 0.15) is 5.56 Å². The van der Waals surface area contributed by atoms with Gasteiger partial charge in [0.05, 0.1) is 21.3 Å². The van der Waals surface area contributed by atoms with Gasteiger partial charge in [-0.3, -0.25) is 0 Å². The van der Waals surface area contributed by atoms with Gasteiger partial charge in [0, 0.05) is 36.1 Å². The summed E-state index contributed by atoms with van der Waals surface area (Å²) in [7, 11) is 4.88. The number of nitrogens with one attached hydrogen (secondary N) is 1. The summed E-state index contributed by atoms with van der Waals surface area (Å²) in [5.74, 6) is 2.14. The molecule has 1 aromatic heterocycles. The van der Waals surface area contributed by atoms with Gasteiger partial charge in [-0.15, -0.1) is 0 Å². The Morgan fingerprint density at radius 1 is 1.00 bits per heavy atom. The van der Waals surface area contributed by atoms with Crippen molar-refractivity contribution in [1.29, 1.82) is 0 Å². The molecule has 1 N–H and O–H groups in total. The zero-order valence-corrected chi connectivity index (χ0v) is 11.8. The van der Waals surface area contributed by atoms with Crippen molar-refractivity contribution < 1.29 is 14.2 Å². The first-order valence-corrected chi connectivity index (χ1v) is 6.21. The van der Waals surface area contributed by atoms with Crippen LogP contribution in [0.5, 0.6) is 17.4 Å². The molecule has 1 heterocycles. The SMILES string of the molecule is COc1ccc(CNc2ccnc(OC)c2)c(OC)c1. The molecule has 5 heteroatoms. The predicted molar refractivity (Wildman–Crippen MR) is 77.7 cm³/mol. The number of rotatable bonds is 6. The number of hydrogen-bond donors (Lipinski definition) is 1. The van der Waals surface area contributed by atoms with E-state index in [4.69, 9.17) is 14.2 Å². The third-order valence-electron chi connectivity index (χ3n) is 2.92. The minimum absolute atomic E-state index is 0.580. The zero-order chi connectivity index (χ0) is 14.4. The summed E-state index contributed by atoms with van der Waals surface area (Å²) in [5.41, 5.74) is 1.99. The van der Waals surface area contributed by atoms with Crippen molar-refractivity contribution in [1.82, 2.24) is 4.98 Å². The molecule has 0 unspecified atom stereocenters. The Kier molecular flexibility index (Phi) is 4.65. The fourth-order valence-electron chi connectivity index (χ4n) is 1.83. The molecular formula is C15H18N2O3. The third-order valence-corrected chi connectivity index (χ3v) is 2.92. The van der Waals surface area contributed by atoms with Crippen LogP contribution in [0.15, 0.2) is 36.5 Å². The van der Waals surface area contributed by atoms with E-state index in [1.807, 2.05) is 30.3 Å². The highest BCUT2D eigenvalue weighted by Crippen LogP contribution is 2.25. The summed E-state index contributed by atoms with van der Waals surface area (Å²) >= 11 is 0. The Labute approximate surface area is 118 Å². The predicted octanol–water partition coefficient (Wildman–Crippen LogP) is 2.72. The third kappa shape index (κ3) is 3.32. The maximum Gasteiger partial charge on any atom is 0.214 e. The van der Waals surface area contributed by atoms with E-state index in [0.29, 0.717) is 12.4 Å². The maximum atomic E-state index is 5.36. The highest BCUT2D eigenvalue weighted by Gasteiger charge is 2.05.